The maximum absolute atomic E-state index is 13.6. The second kappa shape index (κ2) is 6.51. The van der Waals surface area contributed by atoms with Gasteiger partial charge < -0.3 is 10.1 Å². The van der Waals surface area contributed by atoms with E-state index in [0.717, 1.165) is 16.9 Å². The number of aromatic nitrogens is 2. The van der Waals surface area contributed by atoms with Gasteiger partial charge in [-0.3, -0.25) is 9.48 Å². The minimum atomic E-state index is -1.76. The fraction of sp³-hybridized carbons (Fsp3) is 0.214. The lowest BCUT2D eigenvalue weighted by atomic mass is 10.2. The molecule has 0 aliphatic rings. The molecule has 0 bridgehead atoms. The Kier molecular flexibility index (Phi) is 4.68. The van der Waals surface area contributed by atoms with Gasteiger partial charge >= 0.3 is 5.97 Å². The van der Waals surface area contributed by atoms with E-state index in [1.165, 1.54) is 7.05 Å². The van der Waals surface area contributed by atoms with Crippen LogP contribution in [0.1, 0.15) is 27.6 Å². The number of carbonyl (C=O) groups excluding carboxylic acids is 2. The summed E-state index contributed by atoms with van der Waals surface area (Å²) < 4.78 is 45.7. The zero-order chi connectivity index (χ0) is 17.1. The molecular formula is C14H12F3N3O3. The van der Waals surface area contributed by atoms with Crippen LogP contribution in [0.2, 0.25) is 0 Å². The molecule has 122 valence electrons. The lowest BCUT2D eigenvalue weighted by Gasteiger charge is -2.09. The van der Waals surface area contributed by atoms with Crippen LogP contribution in [-0.2, 0) is 11.8 Å². The number of hydrogen-bond acceptors (Lipinski definition) is 4. The Morgan fingerprint density at radius 2 is 1.91 bits per heavy atom. The molecule has 1 aromatic carbocycles. The van der Waals surface area contributed by atoms with Gasteiger partial charge in [0.1, 0.15) is 11.4 Å². The summed E-state index contributed by atoms with van der Waals surface area (Å²) in [6.45, 7) is 1.71. The molecule has 23 heavy (non-hydrogen) atoms. The molecule has 6 nitrogen and oxygen atoms in total. The molecule has 0 aliphatic heterocycles. The molecule has 0 atom stereocenters. The number of hydrogen-bond donors (Lipinski definition) is 1. The largest absolute Gasteiger partial charge is 0.462 e. The van der Waals surface area contributed by atoms with Gasteiger partial charge in [0.25, 0.3) is 5.91 Å². The Hall–Kier alpha value is -2.84. The zero-order valence-electron chi connectivity index (χ0n) is 12.2. The SMILES string of the molecule is CCOC(=O)c1cnn(C)c1NC(=O)c1ccc(F)c(F)c1F. The maximum Gasteiger partial charge on any atom is 0.343 e. The van der Waals surface area contributed by atoms with Crippen molar-refractivity contribution >= 4 is 17.7 Å². The Morgan fingerprint density at radius 3 is 2.57 bits per heavy atom. The highest BCUT2D eigenvalue weighted by molar-refractivity contribution is 6.07. The Balaban J connectivity index is 2.33. The maximum atomic E-state index is 13.6. The molecule has 1 aromatic heterocycles. The number of nitrogens with zero attached hydrogens (tertiary/aromatic N) is 2. The summed E-state index contributed by atoms with van der Waals surface area (Å²) in [5.41, 5.74) is -0.759. The predicted molar refractivity (Wildman–Crippen MR) is 73.4 cm³/mol. The van der Waals surface area contributed by atoms with Gasteiger partial charge in [0.05, 0.1) is 18.4 Å². The van der Waals surface area contributed by atoms with E-state index in [1.54, 1.807) is 6.92 Å². The van der Waals surface area contributed by atoms with E-state index in [1.807, 2.05) is 0 Å². The van der Waals surface area contributed by atoms with Crippen LogP contribution in [0, 0.1) is 17.5 Å². The third kappa shape index (κ3) is 3.17. The summed E-state index contributed by atoms with van der Waals surface area (Å²) in [5, 5.41) is 6.03. The number of ether oxygens (including phenoxy) is 1. The number of rotatable bonds is 4. The average molecular weight is 327 g/mol. The first-order chi connectivity index (χ1) is 10.9. The fourth-order valence-corrected chi connectivity index (χ4v) is 1.82. The first-order valence-electron chi connectivity index (χ1n) is 6.50. The predicted octanol–water partition coefficient (Wildman–Crippen LogP) is 2.27. The van der Waals surface area contributed by atoms with Gasteiger partial charge in [-0.1, -0.05) is 0 Å². The molecule has 0 aliphatic carbocycles. The summed E-state index contributed by atoms with van der Waals surface area (Å²) in [5.74, 6) is -6.64. The van der Waals surface area contributed by atoms with E-state index < -0.39 is 34.9 Å². The van der Waals surface area contributed by atoms with E-state index >= 15 is 0 Å². The monoisotopic (exact) mass is 327 g/mol. The summed E-state index contributed by atoms with van der Waals surface area (Å²) in [6.07, 6.45) is 1.16. The second-order valence-corrected chi connectivity index (χ2v) is 4.43. The van der Waals surface area contributed by atoms with E-state index in [4.69, 9.17) is 4.74 Å². The third-order valence-electron chi connectivity index (χ3n) is 2.95. The third-order valence-corrected chi connectivity index (χ3v) is 2.95. The molecule has 1 N–H and O–H groups in total. The van der Waals surface area contributed by atoms with Crippen LogP contribution in [0.25, 0.3) is 0 Å². The highest BCUT2D eigenvalue weighted by Gasteiger charge is 2.23. The van der Waals surface area contributed by atoms with E-state index in [2.05, 4.69) is 10.4 Å². The van der Waals surface area contributed by atoms with Gasteiger partial charge in [-0.25, -0.2) is 18.0 Å². The van der Waals surface area contributed by atoms with E-state index in [9.17, 15) is 22.8 Å². The molecular weight excluding hydrogens is 315 g/mol. The Bertz CT molecular complexity index is 774. The topological polar surface area (TPSA) is 73.2 Å². The summed E-state index contributed by atoms with van der Waals surface area (Å²) >= 11 is 0. The molecule has 0 spiro atoms. The van der Waals surface area contributed by atoms with Gasteiger partial charge in [-0.15, -0.1) is 0 Å². The molecule has 0 saturated heterocycles. The molecule has 0 radical (unpaired) electrons. The molecule has 2 aromatic rings. The number of benzene rings is 1. The quantitative estimate of drug-likeness (QED) is 0.691. The lowest BCUT2D eigenvalue weighted by Crippen LogP contribution is -2.19. The molecule has 0 fully saturated rings. The standard InChI is InChI=1S/C14H12F3N3O3/c1-3-23-14(22)8-6-18-20(2)12(8)19-13(21)7-4-5-9(15)11(17)10(7)16/h4-6H,3H2,1-2H3,(H,19,21). The Labute approximate surface area is 128 Å². The molecule has 1 amide bonds. The fourth-order valence-electron chi connectivity index (χ4n) is 1.82. The highest BCUT2D eigenvalue weighted by Crippen LogP contribution is 2.19. The first kappa shape index (κ1) is 16.5. The minimum Gasteiger partial charge on any atom is -0.462 e. The van der Waals surface area contributed by atoms with Crippen molar-refractivity contribution in [2.24, 2.45) is 7.05 Å². The smallest absolute Gasteiger partial charge is 0.343 e. The van der Waals surface area contributed by atoms with Gasteiger partial charge in [0.15, 0.2) is 17.5 Å². The van der Waals surface area contributed by atoms with Gasteiger partial charge in [-0.2, -0.15) is 5.10 Å². The van der Waals surface area contributed by atoms with Crippen LogP contribution in [-0.4, -0.2) is 28.3 Å². The van der Waals surface area contributed by atoms with Crippen LogP contribution in [0.3, 0.4) is 0 Å². The number of carbonyl (C=O) groups is 2. The first-order valence-corrected chi connectivity index (χ1v) is 6.50. The lowest BCUT2D eigenvalue weighted by molar-refractivity contribution is 0.0527. The van der Waals surface area contributed by atoms with Crippen LogP contribution >= 0.6 is 0 Å². The number of halogens is 3. The normalized spacial score (nSPS) is 10.5. The van der Waals surface area contributed by atoms with E-state index in [0.29, 0.717) is 6.07 Å². The van der Waals surface area contributed by atoms with Crippen molar-refractivity contribution in [2.45, 2.75) is 6.92 Å². The van der Waals surface area contributed by atoms with Crippen molar-refractivity contribution in [3.63, 3.8) is 0 Å². The number of anilines is 1. The van der Waals surface area contributed by atoms with Crippen molar-refractivity contribution in [1.82, 2.24) is 9.78 Å². The molecule has 0 unspecified atom stereocenters. The van der Waals surface area contributed by atoms with Crippen LogP contribution in [0.4, 0.5) is 19.0 Å². The second-order valence-electron chi connectivity index (χ2n) is 4.43. The van der Waals surface area contributed by atoms with Gasteiger partial charge in [-0.05, 0) is 19.1 Å². The molecule has 9 heteroatoms. The summed E-state index contributed by atoms with van der Waals surface area (Å²) in [6, 6.07) is 1.42. The summed E-state index contributed by atoms with van der Waals surface area (Å²) in [7, 11) is 1.43. The highest BCUT2D eigenvalue weighted by atomic mass is 19.2. The van der Waals surface area contributed by atoms with Gasteiger partial charge in [0.2, 0.25) is 0 Å². The number of nitrogens with one attached hydrogen (secondary N) is 1. The zero-order valence-corrected chi connectivity index (χ0v) is 12.2. The Morgan fingerprint density at radius 1 is 1.22 bits per heavy atom. The molecule has 1 heterocycles. The van der Waals surface area contributed by atoms with Crippen LogP contribution in [0.5, 0.6) is 0 Å². The molecule has 2 rings (SSSR count). The van der Waals surface area contributed by atoms with Crippen molar-refractivity contribution in [3.05, 3.63) is 46.9 Å². The molecule has 0 saturated carbocycles. The summed E-state index contributed by atoms with van der Waals surface area (Å²) in [4.78, 5) is 23.8. The number of esters is 1. The van der Waals surface area contributed by atoms with Gasteiger partial charge in [0, 0.05) is 7.05 Å². The van der Waals surface area contributed by atoms with Crippen molar-refractivity contribution in [1.29, 1.82) is 0 Å². The number of amides is 1. The minimum absolute atomic E-state index is 0.0503. The van der Waals surface area contributed by atoms with Crippen molar-refractivity contribution in [3.8, 4) is 0 Å². The van der Waals surface area contributed by atoms with Crippen molar-refractivity contribution in [2.75, 3.05) is 11.9 Å². The average Bonchev–Trinajstić information content (AvgIpc) is 2.86. The van der Waals surface area contributed by atoms with Crippen molar-refractivity contribution < 1.29 is 27.5 Å². The van der Waals surface area contributed by atoms with Crippen LogP contribution < -0.4 is 5.32 Å². The van der Waals surface area contributed by atoms with Crippen LogP contribution in [0.15, 0.2) is 18.3 Å². The number of aryl methyl sites for hydroxylation is 1. The van der Waals surface area contributed by atoms with E-state index in [-0.39, 0.29) is 18.0 Å².